The number of anilines is 1. The fourth-order valence-electron chi connectivity index (χ4n) is 1.34. The van der Waals surface area contributed by atoms with Gasteiger partial charge in [-0.1, -0.05) is 23.7 Å². The molecule has 0 unspecified atom stereocenters. The van der Waals surface area contributed by atoms with E-state index < -0.39 is 0 Å². The van der Waals surface area contributed by atoms with Crippen molar-refractivity contribution in [1.29, 1.82) is 0 Å². The van der Waals surface area contributed by atoms with Gasteiger partial charge in [0.1, 0.15) is 11.0 Å². The summed E-state index contributed by atoms with van der Waals surface area (Å²) in [4.78, 5) is 8.25. The van der Waals surface area contributed by atoms with Gasteiger partial charge in [-0.3, -0.25) is 0 Å². The van der Waals surface area contributed by atoms with Crippen molar-refractivity contribution in [3.05, 3.63) is 47.2 Å². The molecule has 2 rings (SSSR count). The Labute approximate surface area is 105 Å². The molecule has 0 radical (unpaired) electrons. The monoisotopic (exact) mass is 249 g/mol. The molecule has 0 fully saturated rings. The number of methoxy groups -OCH3 is 1. The normalized spacial score (nSPS) is 10.0. The van der Waals surface area contributed by atoms with Gasteiger partial charge in [0.15, 0.2) is 0 Å². The lowest BCUT2D eigenvalue weighted by Crippen LogP contribution is -2.01. The minimum atomic E-state index is 0.475. The number of halogens is 1. The van der Waals surface area contributed by atoms with Crippen LogP contribution in [0.3, 0.4) is 0 Å². The minimum absolute atomic E-state index is 0.475. The highest BCUT2D eigenvalue weighted by molar-refractivity contribution is 6.29. The van der Waals surface area contributed by atoms with Crippen LogP contribution in [0.4, 0.5) is 5.82 Å². The average molecular weight is 250 g/mol. The lowest BCUT2D eigenvalue weighted by atomic mass is 10.3. The Morgan fingerprint density at radius 1 is 1.29 bits per heavy atom. The van der Waals surface area contributed by atoms with Crippen molar-refractivity contribution >= 4 is 17.4 Å². The Hall–Kier alpha value is -1.81. The van der Waals surface area contributed by atoms with Crippen LogP contribution in [-0.2, 0) is 6.54 Å². The highest BCUT2D eigenvalue weighted by Gasteiger charge is 1.97. The summed E-state index contributed by atoms with van der Waals surface area (Å²) in [6.07, 6.45) is 1.76. The van der Waals surface area contributed by atoms with E-state index >= 15 is 0 Å². The first-order valence-electron chi connectivity index (χ1n) is 5.13. The first-order chi connectivity index (χ1) is 8.28. The van der Waals surface area contributed by atoms with Crippen molar-refractivity contribution in [2.24, 2.45) is 0 Å². The summed E-state index contributed by atoms with van der Waals surface area (Å²) in [5.74, 6) is 1.35. The van der Waals surface area contributed by atoms with Gasteiger partial charge in [-0.2, -0.15) is 0 Å². The molecule has 0 aliphatic rings. The summed E-state index contributed by atoms with van der Waals surface area (Å²) >= 11 is 5.79. The third-order valence-corrected chi connectivity index (χ3v) is 2.41. The van der Waals surface area contributed by atoms with E-state index in [-0.39, 0.29) is 0 Å². The van der Waals surface area contributed by atoms with E-state index in [0.717, 1.165) is 11.4 Å². The standard InChI is InChI=1S/C12H12ClN3O/c1-17-12-6-5-9(8-15-12)7-14-11-4-2-3-10(13)16-11/h2-6,8H,7H2,1H3,(H,14,16). The zero-order chi connectivity index (χ0) is 12.1. The number of hydrogen-bond donors (Lipinski definition) is 1. The second kappa shape index (κ2) is 5.50. The summed E-state index contributed by atoms with van der Waals surface area (Å²) < 4.78 is 4.99. The predicted octanol–water partition coefficient (Wildman–Crippen LogP) is 2.75. The predicted molar refractivity (Wildman–Crippen MR) is 67.4 cm³/mol. The first-order valence-corrected chi connectivity index (χ1v) is 5.51. The molecule has 0 spiro atoms. The molecule has 0 amide bonds. The molecule has 0 aromatic carbocycles. The fourth-order valence-corrected chi connectivity index (χ4v) is 1.50. The Morgan fingerprint density at radius 3 is 2.82 bits per heavy atom. The summed E-state index contributed by atoms with van der Waals surface area (Å²) in [6.45, 7) is 0.643. The van der Waals surface area contributed by atoms with Crippen LogP contribution in [0.15, 0.2) is 36.5 Å². The second-order valence-electron chi connectivity index (χ2n) is 3.41. The van der Waals surface area contributed by atoms with E-state index in [1.165, 1.54) is 0 Å². The van der Waals surface area contributed by atoms with Gasteiger partial charge in [-0.25, -0.2) is 9.97 Å². The molecule has 0 aliphatic carbocycles. The smallest absolute Gasteiger partial charge is 0.212 e. The summed E-state index contributed by atoms with van der Waals surface area (Å²) in [7, 11) is 1.59. The molecule has 1 N–H and O–H groups in total. The van der Waals surface area contributed by atoms with Crippen LogP contribution in [-0.4, -0.2) is 17.1 Å². The molecule has 88 valence electrons. The first kappa shape index (κ1) is 11.7. The molecule has 0 bridgehead atoms. The summed E-state index contributed by atoms with van der Waals surface area (Å²) in [5, 5.41) is 3.64. The van der Waals surface area contributed by atoms with E-state index in [2.05, 4.69) is 15.3 Å². The van der Waals surface area contributed by atoms with E-state index in [4.69, 9.17) is 16.3 Å². The van der Waals surface area contributed by atoms with Gasteiger partial charge in [0.25, 0.3) is 0 Å². The number of ether oxygens (including phenoxy) is 1. The number of nitrogens with zero attached hydrogens (tertiary/aromatic N) is 2. The molecule has 0 atom stereocenters. The van der Waals surface area contributed by atoms with Crippen molar-refractivity contribution in [1.82, 2.24) is 9.97 Å². The lowest BCUT2D eigenvalue weighted by molar-refractivity contribution is 0.397. The van der Waals surface area contributed by atoms with Gasteiger partial charge in [0.05, 0.1) is 7.11 Å². The molecule has 0 saturated heterocycles. The van der Waals surface area contributed by atoms with E-state index in [9.17, 15) is 0 Å². The van der Waals surface area contributed by atoms with Crippen LogP contribution < -0.4 is 10.1 Å². The Bertz CT molecular complexity index is 487. The number of hydrogen-bond acceptors (Lipinski definition) is 4. The third-order valence-electron chi connectivity index (χ3n) is 2.20. The molecule has 0 aliphatic heterocycles. The molecule has 17 heavy (non-hydrogen) atoms. The summed E-state index contributed by atoms with van der Waals surface area (Å²) in [5.41, 5.74) is 1.05. The van der Waals surface area contributed by atoms with Crippen molar-refractivity contribution in [2.45, 2.75) is 6.54 Å². The van der Waals surface area contributed by atoms with Gasteiger partial charge in [0, 0.05) is 18.8 Å². The Balaban J connectivity index is 1.97. The number of rotatable bonds is 4. The SMILES string of the molecule is COc1ccc(CNc2cccc(Cl)n2)cn1. The Kier molecular flexibility index (Phi) is 3.77. The van der Waals surface area contributed by atoms with E-state index in [0.29, 0.717) is 17.6 Å². The van der Waals surface area contributed by atoms with Crippen molar-refractivity contribution in [3.63, 3.8) is 0 Å². The average Bonchev–Trinajstić information content (AvgIpc) is 2.37. The number of pyridine rings is 2. The largest absolute Gasteiger partial charge is 0.481 e. The topological polar surface area (TPSA) is 47.0 Å². The van der Waals surface area contributed by atoms with E-state index in [1.807, 2.05) is 24.3 Å². The quantitative estimate of drug-likeness (QED) is 0.847. The van der Waals surface area contributed by atoms with Gasteiger partial charge in [-0.05, 0) is 17.7 Å². The van der Waals surface area contributed by atoms with Crippen LogP contribution in [0.5, 0.6) is 5.88 Å². The maximum absolute atomic E-state index is 5.79. The van der Waals surface area contributed by atoms with Gasteiger partial charge in [0.2, 0.25) is 5.88 Å². The van der Waals surface area contributed by atoms with Crippen LogP contribution >= 0.6 is 11.6 Å². The molecular formula is C12H12ClN3O. The highest BCUT2D eigenvalue weighted by Crippen LogP contribution is 2.11. The van der Waals surface area contributed by atoms with Gasteiger partial charge >= 0.3 is 0 Å². The van der Waals surface area contributed by atoms with Crippen molar-refractivity contribution in [3.8, 4) is 5.88 Å². The van der Waals surface area contributed by atoms with Crippen LogP contribution in [0.2, 0.25) is 5.15 Å². The second-order valence-corrected chi connectivity index (χ2v) is 3.80. The third kappa shape index (κ3) is 3.32. The van der Waals surface area contributed by atoms with Crippen LogP contribution in [0, 0.1) is 0 Å². The molecule has 2 heterocycles. The van der Waals surface area contributed by atoms with Crippen LogP contribution in [0.25, 0.3) is 0 Å². The molecule has 2 aromatic rings. The molecule has 2 aromatic heterocycles. The molecule has 5 heteroatoms. The number of aromatic nitrogens is 2. The highest BCUT2D eigenvalue weighted by atomic mass is 35.5. The molecule has 0 saturated carbocycles. The molecular weight excluding hydrogens is 238 g/mol. The number of nitrogens with one attached hydrogen (secondary N) is 1. The Morgan fingerprint density at radius 2 is 2.18 bits per heavy atom. The maximum atomic E-state index is 5.79. The maximum Gasteiger partial charge on any atom is 0.212 e. The lowest BCUT2D eigenvalue weighted by Gasteiger charge is -2.06. The zero-order valence-corrected chi connectivity index (χ0v) is 10.1. The van der Waals surface area contributed by atoms with E-state index in [1.54, 1.807) is 19.4 Å². The summed E-state index contributed by atoms with van der Waals surface area (Å²) in [6, 6.07) is 9.22. The fraction of sp³-hybridized carbons (Fsp3) is 0.167. The minimum Gasteiger partial charge on any atom is -0.481 e. The van der Waals surface area contributed by atoms with Crippen molar-refractivity contribution < 1.29 is 4.74 Å². The van der Waals surface area contributed by atoms with Crippen molar-refractivity contribution in [2.75, 3.05) is 12.4 Å². The van der Waals surface area contributed by atoms with Gasteiger partial charge in [-0.15, -0.1) is 0 Å². The molecule has 4 nitrogen and oxygen atoms in total. The zero-order valence-electron chi connectivity index (χ0n) is 9.35. The van der Waals surface area contributed by atoms with Gasteiger partial charge < -0.3 is 10.1 Å². The van der Waals surface area contributed by atoms with Crippen LogP contribution in [0.1, 0.15) is 5.56 Å².